The summed E-state index contributed by atoms with van der Waals surface area (Å²) in [5.74, 6) is -2.22. The first kappa shape index (κ1) is 19.5. The number of benzene rings is 1. The van der Waals surface area contributed by atoms with Gasteiger partial charge in [-0.2, -0.15) is 0 Å². The molecular formula is C12H18BO6. The van der Waals surface area contributed by atoms with Crippen LogP contribution in [0.3, 0.4) is 0 Å². The quantitative estimate of drug-likeness (QED) is 0.602. The van der Waals surface area contributed by atoms with Crippen LogP contribution in [-0.2, 0) is 0 Å². The molecule has 0 atom stereocenters. The predicted octanol–water partition coefficient (Wildman–Crippen LogP) is 1.31. The molecule has 0 aromatic heterocycles. The summed E-state index contributed by atoms with van der Waals surface area (Å²) < 4.78 is 0. The zero-order valence-electron chi connectivity index (χ0n) is 11.1. The molecule has 0 aliphatic carbocycles. The van der Waals surface area contributed by atoms with Gasteiger partial charge < -0.3 is 20.3 Å². The van der Waals surface area contributed by atoms with Gasteiger partial charge in [0.15, 0.2) is 0 Å². The van der Waals surface area contributed by atoms with E-state index in [1.807, 2.05) is 0 Å². The van der Waals surface area contributed by atoms with Crippen LogP contribution in [0.5, 0.6) is 0 Å². The Kier molecular flexibility index (Phi) is 11.5. The van der Waals surface area contributed by atoms with Gasteiger partial charge in [-0.25, -0.2) is 9.59 Å². The fraction of sp³-hybridized carbons (Fsp3) is 0.333. The van der Waals surface area contributed by atoms with Gasteiger partial charge in [-0.05, 0) is 24.6 Å². The first-order chi connectivity index (χ1) is 8.87. The van der Waals surface area contributed by atoms with Crippen LogP contribution in [-0.4, -0.2) is 39.9 Å². The second-order valence-corrected chi connectivity index (χ2v) is 3.41. The van der Waals surface area contributed by atoms with E-state index in [0.717, 1.165) is 0 Å². The lowest BCUT2D eigenvalue weighted by Gasteiger charge is -2.03. The summed E-state index contributed by atoms with van der Waals surface area (Å²) in [5.41, 5.74) is 0.335. The fourth-order valence-corrected chi connectivity index (χ4v) is 1.10. The summed E-state index contributed by atoms with van der Waals surface area (Å²) in [6.45, 7) is 5.73. The molecule has 0 bridgehead atoms. The van der Waals surface area contributed by atoms with Crippen molar-refractivity contribution in [3.05, 3.63) is 34.9 Å². The minimum atomic E-state index is -1.11. The number of hydrogen-bond acceptors (Lipinski definition) is 4. The summed E-state index contributed by atoms with van der Waals surface area (Å²) in [5, 5.41) is 31.4. The smallest absolute Gasteiger partial charge is 0.478 e. The Morgan fingerprint density at radius 1 is 1.05 bits per heavy atom. The standard InChI is InChI=1S/C9H8O4.C3H8.BH2O2/c1-5-6(8(10)11)3-2-4-7(5)9(12)13;1-3-2;2-1-3/h2-4H,1H3,(H,10,11)(H,12,13);3H2,1-2H3;2-3H. The molecule has 0 spiro atoms. The van der Waals surface area contributed by atoms with Gasteiger partial charge in [-0.3, -0.25) is 0 Å². The molecule has 0 aliphatic rings. The largest absolute Gasteiger partial charge is 0.482 e. The van der Waals surface area contributed by atoms with Crippen molar-refractivity contribution in [3.8, 4) is 0 Å². The van der Waals surface area contributed by atoms with Crippen molar-refractivity contribution in [2.24, 2.45) is 0 Å². The van der Waals surface area contributed by atoms with Crippen LogP contribution in [0.15, 0.2) is 18.2 Å². The Morgan fingerprint density at radius 2 is 1.32 bits per heavy atom. The molecule has 1 rings (SSSR count). The van der Waals surface area contributed by atoms with Crippen LogP contribution in [0.4, 0.5) is 0 Å². The molecule has 0 saturated carbocycles. The second kappa shape index (κ2) is 11.2. The molecule has 4 N–H and O–H groups in total. The van der Waals surface area contributed by atoms with E-state index in [9.17, 15) is 9.59 Å². The highest BCUT2D eigenvalue weighted by molar-refractivity contribution is 6.13. The van der Waals surface area contributed by atoms with Gasteiger partial charge >= 0.3 is 19.6 Å². The van der Waals surface area contributed by atoms with E-state index in [1.165, 1.54) is 31.5 Å². The van der Waals surface area contributed by atoms with Gasteiger partial charge in [0.1, 0.15) is 0 Å². The van der Waals surface area contributed by atoms with Crippen LogP contribution >= 0.6 is 0 Å². The van der Waals surface area contributed by atoms with Crippen LogP contribution in [0.25, 0.3) is 0 Å². The maximum atomic E-state index is 10.6. The van der Waals surface area contributed by atoms with Crippen LogP contribution < -0.4 is 0 Å². The van der Waals surface area contributed by atoms with E-state index in [-0.39, 0.29) is 24.4 Å². The van der Waals surface area contributed by atoms with Crippen molar-refractivity contribution < 1.29 is 29.9 Å². The highest BCUT2D eigenvalue weighted by Gasteiger charge is 2.13. The van der Waals surface area contributed by atoms with E-state index in [4.69, 9.17) is 20.3 Å². The summed E-state index contributed by atoms with van der Waals surface area (Å²) in [6.07, 6.45) is 1.25. The molecular weight excluding hydrogens is 251 g/mol. The number of rotatable bonds is 2. The summed E-state index contributed by atoms with van der Waals surface area (Å²) in [6, 6.07) is 4.17. The molecule has 7 heteroatoms. The minimum absolute atomic E-state index is 0. The number of aromatic carboxylic acids is 2. The summed E-state index contributed by atoms with van der Waals surface area (Å²) in [7, 11) is 0. The third-order valence-electron chi connectivity index (χ3n) is 1.79. The van der Waals surface area contributed by atoms with Crippen molar-refractivity contribution in [3.63, 3.8) is 0 Å². The van der Waals surface area contributed by atoms with E-state index in [2.05, 4.69) is 13.8 Å². The fourth-order valence-electron chi connectivity index (χ4n) is 1.10. The topological polar surface area (TPSA) is 115 Å². The first-order valence-electron chi connectivity index (χ1n) is 5.53. The molecule has 0 saturated heterocycles. The molecule has 0 unspecified atom stereocenters. The van der Waals surface area contributed by atoms with Gasteiger partial charge in [-0.15, -0.1) is 0 Å². The van der Waals surface area contributed by atoms with E-state index >= 15 is 0 Å². The molecule has 0 heterocycles. The maximum absolute atomic E-state index is 10.6. The van der Waals surface area contributed by atoms with Crippen LogP contribution in [0.2, 0.25) is 0 Å². The number of carbonyl (C=O) groups is 2. The van der Waals surface area contributed by atoms with Gasteiger partial charge in [0.05, 0.1) is 11.1 Å². The van der Waals surface area contributed by atoms with Gasteiger partial charge in [-0.1, -0.05) is 26.3 Å². The highest BCUT2D eigenvalue weighted by atomic mass is 16.4. The molecule has 19 heavy (non-hydrogen) atoms. The Bertz CT molecular complexity index is 371. The normalized spacial score (nSPS) is 8.26. The zero-order valence-corrected chi connectivity index (χ0v) is 11.1. The van der Waals surface area contributed by atoms with Crippen molar-refractivity contribution in [2.75, 3.05) is 0 Å². The van der Waals surface area contributed by atoms with E-state index in [0.29, 0.717) is 0 Å². The Hall–Kier alpha value is -1.86. The van der Waals surface area contributed by atoms with Crippen molar-refractivity contribution >= 4 is 19.6 Å². The Labute approximate surface area is 112 Å². The van der Waals surface area contributed by atoms with Crippen molar-refractivity contribution in [1.29, 1.82) is 0 Å². The second-order valence-electron chi connectivity index (χ2n) is 3.41. The average Bonchev–Trinajstić information content (AvgIpc) is 2.30. The molecule has 1 aromatic carbocycles. The van der Waals surface area contributed by atoms with Gasteiger partial charge in [0, 0.05) is 0 Å². The lowest BCUT2D eigenvalue weighted by atomic mass is 10.0. The molecule has 0 aliphatic heterocycles. The minimum Gasteiger partial charge on any atom is -0.478 e. The maximum Gasteiger partial charge on any atom is 0.482 e. The monoisotopic (exact) mass is 269 g/mol. The lowest BCUT2D eigenvalue weighted by Crippen LogP contribution is -2.06. The predicted molar refractivity (Wildman–Crippen MR) is 71.3 cm³/mol. The average molecular weight is 269 g/mol. The highest BCUT2D eigenvalue weighted by Crippen LogP contribution is 2.13. The third-order valence-corrected chi connectivity index (χ3v) is 1.79. The van der Waals surface area contributed by atoms with Gasteiger partial charge in [0.25, 0.3) is 0 Å². The third kappa shape index (κ3) is 7.96. The van der Waals surface area contributed by atoms with Crippen LogP contribution in [0, 0.1) is 6.92 Å². The van der Waals surface area contributed by atoms with E-state index in [1.54, 1.807) is 0 Å². The number of hydrogen-bond donors (Lipinski definition) is 4. The van der Waals surface area contributed by atoms with Crippen molar-refractivity contribution in [2.45, 2.75) is 27.2 Å². The first-order valence-corrected chi connectivity index (χ1v) is 5.53. The molecule has 105 valence electrons. The molecule has 0 amide bonds. The van der Waals surface area contributed by atoms with Crippen molar-refractivity contribution in [1.82, 2.24) is 0 Å². The number of carboxylic acids is 2. The lowest BCUT2D eigenvalue weighted by molar-refractivity contribution is 0.0696. The molecule has 1 radical (unpaired) electrons. The molecule has 0 fully saturated rings. The molecule has 6 nitrogen and oxygen atoms in total. The Balaban J connectivity index is 0. The number of carboxylic acid groups (broad SMARTS) is 2. The summed E-state index contributed by atoms with van der Waals surface area (Å²) in [4.78, 5) is 21.2. The van der Waals surface area contributed by atoms with E-state index < -0.39 is 11.9 Å². The summed E-state index contributed by atoms with van der Waals surface area (Å²) >= 11 is 0. The molecule has 1 aromatic rings. The SMILES string of the molecule is CCC.Cc1c(C(=O)O)cccc1C(=O)O.O[B]O. The van der Waals surface area contributed by atoms with Crippen LogP contribution in [0.1, 0.15) is 46.5 Å². The van der Waals surface area contributed by atoms with Gasteiger partial charge in [0.2, 0.25) is 0 Å². The Morgan fingerprint density at radius 3 is 1.53 bits per heavy atom. The zero-order chi connectivity index (χ0) is 15.4.